The highest BCUT2D eigenvalue weighted by Crippen LogP contribution is 2.37. The molecule has 0 radical (unpaired) electrons. The minimum atomic E-state index is -2.88. The van der Waals surface area contributed by atoms with Gasteiger partial charge in [0.2, 0.25) is 0 Å². The maximum atomic E-state index is 13.9. The van der Waals surface area contributed by atoms with Crippen LogP contribution in [0.5, 0.6) is 0 Å². The van der Waals surface area contributed by atoms with Crippen molar-refractivity contribution in [1.82, 2.24) is 0 Å². The molecule has 1 unspecified atom stereocenters. The van der Waals surface area contributed by atoms with Crippen LogP contribution in [0.1, 0.15) is 5.56 Å². The standard InChI is InChI=1S/C19H12Cl2N2OS/c20-14-6-9-16(10-7-14)25(24)18-11-8-15(21)12-17(18)22-19(23-25)13-4-2-1-3-5-13/h1-12H. The van der Waals surface area contributed by atoms with Crippen molar-refractivity contribution in [2.45, 2.75) is 9.79 Å². The number of amidine groups is 1. The van der Waals surface area contributed by atoms with Crippen molar-refractivity contribution < 1.29 is 4.21 Å². The van der Waals surface area contributed by atoms with E-state index in [1.807, 2.05) is 30.3 Å². The Balaban J connectivity index is 2.02. The summed E-state index contributed by atoms with van der Waals surface area (Å²) in [6, 6.07) is 21.5. The molecule has 1 aliphatic heterocycles. The van der Waals surface area contributed by atoms with E-state index in [1.54, 1.807) is 42.5 Å². The Morgan fingerprint density at radius 3 is 2.20 bits per heavy atom. The van der Waals surface area contributed by atoms with Crippen LogP contribution in [-0.2, 0) is 9.73 Å². The Morgan fingerprint density at radius 2 is 1.48 bits per heavy atom. The Morgan fingerprint density at radius 1 is 0.800 bits per heavy atom. The molecule has 4 rings (SSSR count). The summed E-state index contributed by atoms with van der Waals surface area (Å²) in [6.07, 6.45) is 0. The molecule has 1 aliphatic rings. The maximum absolute atomic E-state index is 13.9. The van der Waals surface area contributed by atoms with Gasteiger partial charge < -0.3 is 0 Å². The van der Waals surface area contributed by atoms with Gasteiger partial charge in [0.05, 0.1) is 15.5 Å². The average Bonchev–Trinajstić information content (AvgIpc) is 2.62. The number of nitrogens with zero attached hydrogens (tertiary/aromatic N) is 2. The fourth-order valence-corrected chi connectivity index (χ4v) is 4.91. The molecular formula is C19H12Cl2N2OS. The van der Waals surface area contributed by atoms with Crippen molar-refractivity contribution in [2.24, 2.45) is 9.36 Å². The van der Waals surface area contributed by atoms with Crippen molar-refractivity contribution in [3.05, 3.63) is 88.4 Å². The second-order valence-corrected chi connectivity index (χ2v) is 8.50. The molecule has 0 aliphatic carbocycles. The highest BCUT2D eigenvalue weighted by molar-refractivity contribution is 7.94. The third kappa shape index (κ3) is 2.97. The van der Waals surface area contributed by atoms with Crippen molar-refractivity contribution in [2.75, 3.05) is 0 Å². The highest BCUT2D eigenvalue weighted by atomic mass is 35.5. The zero-order valence-corrected chi connectivity index (χ0v) is 15.2. The molecule has 3 nitrogen and oxygen atoms in total. The lowest BCUT2D eigenvalue weighted by Crippen LogP contribution is -2.11. The quantitative estimate of drug-likeness (QED) is 0.534. The van der Waals surface area contributed by atoms with E-state index in [1.165, 1.54) is 0 Å². The third-order valence-corrected chi connectivity index (χ3v) is 6.60. The second-order valence-electron chi connectivity index (χ2n) is 5.48. The van der Waals surface area contributed by atoms with Gasteiger partial charge in [-0.15, -0.1) is 0 Å². The van der Waals surface area contributed by atoms with Gasteiger partial charge in [-0.2, -0.15) is 4.36 Å². The van der Waals surface area contributed by atoms with Gasteiger partial charge in [-0.25, -0.2) is 9.20 Å². The van der Waals surface area contributed by atoms with Gasteiger partial charge in [-0.3, -0.25) is 0 Å². The Kier molecular flexibility index (Phi) is 4.12. The van der Waals surface area contributed by atoms with E-state index in [9.17, 15) is 4.21 Å². The molecule has 3 aromatic carbocycles. The van der Waals surface area contributed by atoms with Gasteiger partial charge in [0.25, 0.3) is 0 Å². The van der Waals surface area contributed by atoms with E-state index in [2.05, 4.69) is 9.36 Å². The van der Waals surface area contributed by atoms with Crippen molar-refractivity contribution in [3.63, 3.8) is 0 Å². The lowest BCUT2D eigenvalue weighted by atomic mass is 10.2. The van der Waals surface area contributed by atoms with Crippen LogP contribution in [0, 0.1) is 0 Å². The first-order valence-electron chi connectivity index (χ1n) is 7.53. The summed E-state index contributed by atoms with van der Waals surface area (Å²) in [5.41, 5.74) is 1.37. The van der Waals surface area contributed by atoms with Gasteiger partial charge >= 0.3 is 0 Å². The molecular weight excluding hydrogens is 375 g/mol. The first-order valence-corrected chi connectivity index (χ1v) is 9.80. The van der Waals surface area contributed by atoms with Crippen LogP contribution in [0.2, 0.25) is 10.0 Å². The molecule has 0 saturated carbocycles. The SMILES string of the molecule is O=S1(c2ccc(Cl)cc2)=NC(c2ccccc2)=Nc2cc(Cl)ccc21. The smallest absolute Gasteiger partial charge is 0.170 e. The number of halogens is 2. The molecule has 1 atom stereocenters. The number of benzene rings is 3. The molecule has 0 amide bonds. The summed E-state index contributed by atoms with van der Waals surface area (Å²) in [7, 11) is -2.88. The molecule has 0 N–H and O–H groups in total. The van der Waals surface area contributed by atoms with Crippen LogP contribution in [0.25, 0.3) is 0 Å². The molecule has 124 valence electrons. The van der Waals surface area contributed by atoms with E-state index in [-0.39, 0.29) is 0 Å². The zero-order valence-electron chi connectivity index (χ0n) is 12.9. The lowest BCUT2D eigenvalue weighted by molar-refractivity contribution is 0.676. The molecule has 6 heteroatoms. The number of rotatable bonds is 2. The van der Waals surface area contributed by atoms with Crippen molar-refractivity contribution in [3.8, 4) is 0 Å². The highest BCUT2D eigenvalue weighted by Gasteiger charge is 2.25. The van der Waals surface area contributed by atoms with Crippen LogP contribution in [0.4, 0.5) is 5.69 Å². The summed E-state index contributed by atoms with van der Waals surface area (Å²) in [5, 5.41) is 1.12. The van der Waals surface area contributed by atoms with Crippen LogP contribution in [0.15, 0.2) is 91.9 Å². The fraction of sp³-hybridized carbons (Fsp3) is 0. The minimum Gasteiger partial charge on any atom is -0.239 e. The Labute approximate surface area is 156 Å². The molecule has 3 aromatic rings. The average molecular weight is 387 g/mol. The van der Waals surface area contributed by atoms with E-state index < -0.39 is 9.73 Å². The topological polar surface area (TPSA) is 41.8 Å². The molecule has 0 aromatic heterocycles. The van der Waals surface area contributed by atoms with Crippen molar-refractivity contribution in [1.29, 1.82) is 0 Å². The first kappa shape index (κ1) is 16.3. The van der Waals surface area contributed by atoms with Crippen molar-refractivity contribution >= 4 is 44.5 Å². The summed E-state index contributed by atoms with van der Waals surface area (Å²) in [6.45, 7) is 0. The maximum Gasteiger partial charge on any atom is 0.170 e. The lowest BCUT2D eigenvalue weighted by Gasteiger charge is -2.18. The monoisotopic (exact) mass is 386 g/mol. The van der Waals surface area contributed by atoms with E-state index >= 15 is 0 Å². The van der Waals surface area contributed by atoms with E-state index in [0.717, 1.165) is 5.56 Å². The Bertz CT molecular complexity index is 1100. The van der Waals surface area contributed by atoms with E-state index in [0.29, 0.717) is 31.4 Å². The Hall–Kier alpha value is -2.14. The normalized spacial score (nSPS) is 18.9. The van der Waals surface area contributed by atoms with E-state index in [4.69, 9.17) is 23.2 Å². The second kappa shape index (κ2) is 6.30. The van der Waals surface area contributed by atoms with Gasteiger partial charge in [-0.1, -0.05) is 53.5 Å². The molecule has 0 spiro atoms. The summed E-state index contributed by atoms with van der Waals surface area (Å²) in [5.74, 6) is 0.426. The summed E-state index contributed by atoms with van der Waals surface area (Å²) < 4.78 is 18.4. The first-order chi connectivity index (χ1) is 12.1. The van der Waals surface area contributed by atoms with Crippen LogP contribution >= 0.6 is 23.2 Å². The van der Waals surface area contributed by atoms with Gasteiger partial charge in [-0.05, 0) is 42.5 Å². The van der Waals surface area contributed by atoms with Gasteiger partial charge in [0.15, 0.2) is 5.84 Å². The zero-order chi connectivity index (χ0) is 17.4. The van der Waals surface area contributed by atoms with Crippen LogP contribution < -0.4 is 0 Å². The molecule has 0 saturated heterocycles. The largest absolute Gasteiger partial charge is 0.239 e. The molecule has 1 heterocycles. The number of aliphatic imine (C=N–C) groups is 1. The van der Waals surface area contributed by atoms with Crippen LogP contribution in [0.3, 0.4) is 0 Å². The van der Waals surface area contributed by atoms with Crippen LogP contribution in [-0.4, -0.2) is 10.0 Å². The third-order valence-electron chi connectivity index (χ3n) is 3.83. The molecule has 0 bridgehead atoms. The number of fused-ring (bicyclic) bond motifs is 1. The fourth-order valence-electron chi connectivity index (χ4n) is 2.62. The van der Waals surface area contributed by atoms with Gasteiger partial charge in [0, 0.05) is 15.6 Å². The van der Waals surface area contributed by atoms with Gasteiger partial charge in [0.1, 0.15) is 9.73 Å². The number of hydrogen-bond donors (Lipinski definition) is 0. The molecule has 0 fully saturated rings. The number of hydrogen-bond acceptors (Lipinski definition) is 3. The molecule has 25 heavy (non-hydrogen) atoms. The minimum absolute atomic E-state index is 0.426. The predicted octanol–water partition coefficient (Wildman–Crippen LogP) is 5.97. The summed E-state index contributed by atoms with van der Waals surface area (Å²) >= 11 is 12.1. The predicted molar refractivity (Wildman–Crippen MR) is 103 cm³/mol. The summed E-state index contributed by atoms with van der Waals surface area (Å²) in [4.78, 5) is 5.72.